The minimum absolute atomic E-state index is 0.0237. The van der Waals surface area contributed by atoms with Crippen molar-refractivity contribution in [3.63, 3.8) is 0 Å². The van der Waals surface area contributed by atoms with Gasteiger partial charge < -0.3 is 9.97 Å². The molecular formula is C22H25N4O5P. The number of hydrogen-bond donors (Lipinski definition) is 2. The van der Waals surface area contributed by atoms with Crippen LogP contribution >= 0.6 is 7.75 Å². The highest BCUT2D eigenvalue weighted by Crippen LogP contribution is 2.49. The Hall–Kier alpha value is -3.00. The normalized spacial score (nSPS) is 17.6. The molecule has 168 valence electrons. The van der Waals surface area contributed by atoms with Gasteiger partial charge in [-0.3, -0.25) is 18.6 Å². The highest BCUT2D eigenvalue weighted by atomic mass is 31.2. The molecule has 3 heterocycles. The zero-order valence-electron chi connectivity index (χ0n) is 18.1. The first-order valence-corrected chi connectivity index (χ1v) is 11.8. The van der Waals surface area contributed by atoms with Crippen molar-refractivity contribution in [1.29, 1.82) is 0 Å². The summed E-state index contributed by atoms with van der Waals surface area (Å²) in [5.41, 5.74) is 0.331. The zero-order valence-corrected chi connectivity index (χ0v) is 19.0. The fraction of sp³-hybridized carbons (Fsp3) is 0.318. The van der Waals surface area contributed by atoms with E-state index in [1.807, 2.05) is 39.0 Å². The standard InChI is InChI=1S/C22H25N4O5P/c1-22(2,3)19-16(23-14-24-19)13-18-20(27)25-17(12-15-8-5-4-6-9-15)21(28)26(18)32(29)30-10-7-11-31-32/h4-6,8-9,12-14H,7,10-11H2,1-3H3,(H,23,24)(H,25,27)/b17-12-,18-13?. The molecule has 1 aliphatic heterocycles. The van der Waals surface area contributed by atoms with Gasteiger partial charge >= 0.3 is 7.75 Å². The van der Waals surface area contributed by atoms with E-state index < -0.39 is 18.9 Å². The summed E-state index contributed by atoms with van der Waals surface area (Å²) in [6.07, 6.45) is 5.01. The van der Waals surface area contributed by atoms with E-state index in [1.165, 1.54) is 18.5 Å². The predicted octanol–water partition coefficient (Wildman–Crippen LogP) is 1.61. The molecule has 1 aliphatic rings. The summed E-state index contributed by atoms with van der Waals surface area (Å²) >= 11 is 0. The number of benzene rings is 1. The number of nitrogens with zero attached hydrogens (tertiary/aromatic N) is 2. The van der Waals surface area contributed by atoms with Gasteiger partial charge in [-0.2, -0.15) is 0 Å². The maximum absolute atomic E-state index is 13.5. The molecule has 0 amide bonds. The lowest BCUT2D eigenvalue weighted by Crippen LogP contribution is -2.53. The Morgan fingerprint density at radius 3 is 2.44 bits per heavy atom. The third-order valence-electron chi connectivity index (χ3n) is 4.98. The fourth-order valence-corrected chi connectivity index (χ4v) is 5.23. The number of nitrogens with one attached hydrogen (secondary N) is 2. The van der Waals surface area contributed by atoms with Crippen molar-refractivity contribution >= 4 is 19.9 Å². The summed E-state index contributed by atoms with van der Waals surface area (Å²) in [5.74, 6) is 0. The second-order valence-electron chi connectivity index (χ2n) is 8.47. The number of aromatic nitrogens is 4. The molecule has 0 unspecified atom stereocenters. The van der Waals surface area contributed by atoms with Crippen molar-refractivity contribution in [2.24, 2.45) is 0 Å². The smallest absolute Gasteiger partial charge is 0.348 e. The molecule has 32 heavy (non-hydrogen) atoms. The van der Waals surface area contributed by atoms with Gasteiger partial charge in [0, 0.05) is 11.1 Å². The second-order valence-corrected chi connectivity index (χ2v) is 10.3. The SMILES string of the molecule is CC(C)(C)c1[nH]cnc1C=c1c(=O)[nH]/c(=C\c2ccccc2)c(=O)n1P1(=O)OCCCO1. The first-order chi connectivity index (χ1) is 15.2. The van der Waals surface area contributed by atoms with E-state index in [2.05, 4.69) is 15.0 Å². The molecule has 0 bridgehead atoms. The van der Waals surface area contributed by atoms with Gasteiger partial charge in [0.2, 0.25) is 0 Å². The monoisotopic (exact) mass is 456 g/mol. The summed E-state index contributed by atoms with van der Waals surface area (Å²) in [7, 11) is -4.08. The van der Waals surface area contributed by atoms with Crippen molar-refractivity contribution in [3.05, 3.63) is 85.0 Å². The van der Waals surface area contributed by atoms with E-state index in [4.69, 9.17) is 9.05 Å². The molecule has 0 spiro atoms. The Bertz CT molecular complexity index is 1400. The van der Waals surface area contributed by atoms with Crippen LogP contribution < -0.4 is 21.8 Å². The fourth-order valence-electron chi connectivity index (χ4n) is 3.46. The van der Waals surface area contributed by atoms with Crippen LogP contribution in [-0.4, -0.2) is 32.5 Å². The Labute approximate surface area is 184 Å². The Balaban J connectivity index is 2.06. The highest BCUT2D eigenvalue weighted by molar-refractivity contribution is 7.52. The van der Waals surface area contributed by atoms with Gasteiger partial charge in [0.25, 0.3) is 11.1 Å². The van der Waals surface area contributed by atoms with Crippen LogP contribution in [0.3, 0.4) is 0 Å². The maximum atomic E-state index is 13.5. The van der Waals surface area contributed by atoms with Gasteiger partial charge in [0.1, 0.15) is 10.7 Å². The van der Waals surface area contributed by atoms with E-state index >= 15 is 0 Å². The van der Waals surface area contributed by atoms with Crippen molar-refractivity contribution in [2.45, 2.75) is 32.6 Å². The average Bonchev–Trinajstić information content (AvgIpc) is 3.22. The van der Waals surface area contributed by atoms with Gasteiger partial charge in [0.15, 0.2) is 0 Å². The average molecular weight is 456 g/mol. The van der Waals surface area contributed by atoms with Crippen molar-refractivity contribution in [3.8, 4) is 0 Å². The molecule has 0 saturated carbocycles. The summed E-state index contributed by atoms with van der Waals surface area (Å²) < 4.78 is 25.3. The van der Waals surface area contributed by atoms with Gasteiger partial charge in [-0.05, 0) is 24.1 Å². The van der Waals surface area contributed by atoms with Crippen LogP contribution in [0.25, 0.3) is 12.2 Å². The third-order valence-corrected chi connectivity index (χ3v) is 6.88. The first kappa shape index (κ1) is 22.2. The molecule has 10 heteroatoms. The molecule has 3 aromatic rings. The van der Waals surface area contributed by atoms with E-state index in [-0.39, 0.29) is 29.3 Å². The molecular weight excluding hydrogens is 431 g/mol. The van der Waals surface area contributed by atoms with Gasteiger partial charge in [0.05, 0.1) is 25.2 Å². The van der Waals surface area contributed by atoms with Crippen LogP contribution in [0.4, 0.5) is 0 Å². The summed E-state index contributed by atoms with van der Waals surface area (Å²) in [6, 6.07) is 9.04. The molecule has 0 aliphatic carbocycles. The van der Waals surface area contributed by atoms with Crippen LogP contribution in [0.15, 0.2) is 46.2 Å². The second kappa shape index (κ2) is 8.50. The first-order valence-electron chi connectivity index (χ1n) is 10.3. The topological polar surface area (TPSA) is 119 Å². The van der Waals surface area contributed by atoms with Crippen LogP contribution in [0.1, 0.15) is 44.1 Å². The molecule has 1 aromatic carbocycles. The lowest BCUT2D eigenvalue weighted by molar-refractivity contribution is 0.139. The molecule has 2 N–H and O–H groups in total. The van der Waals surface area contributed by atoms with E-state index in [0.29, 0.717) is 17.7 Å². The number of H-pyrrole nitrogens is 2. The number of rotatable bonds is 3. The van der Waals surface area contributed by atoms with Gasteiger partial charge in [-0.25, -0.2) is 13.9 Å². The van der Waals surface area contributed by atoms with E-state index in [9.17, 15) is 14.2 Å². The van der Waals surface area contributed by atoms with Crippen molar-refractivity contribution in [2.75, 3.05) is 13.2 Å². The largest absolute Gasteiger partial charge is 0.442 e. The number of imidazole rings is 1. The molecule has 0 atom stereocenters. The lowest BCUT2D eigenvalue weighted by atomic mass is 9.90. The molecule has 4 rings (SSSR count). The van der Waals surface area contributed by atoms with Gasteiger partial charge in [-0.15, -0.1) is 0 Å². The third kappa shape index (κ3) is 4.32. The molecule has 0 radical (unpaired) electrons. The Morgan fingerprint density at radius 1 is 1.09 bits per heavy atom. The maximum Gasteiger partial charge on any atom is 0.442 e. The van der Waals surface area contributed by atoms with Crippen molar-refractivity contribution in [1.82, 2.24) is 19.3 Å². The number of aromatic amines is 2. The van der Waals surface area contributed by atoms with E-state index in [0.717, 1.165) is 10.0 Å². The molecule has 1 saturated heterocycles. The zero-order chi connectivity index (χ0) is 22.9. The lowest BCUT2D eigenvalue weighted by Gasteiger charge is -2.24. The highest BCUT2D eigenvalue weighted by Gasteiger charge is 2.34. The molecule has 1 fully saturated rings. The summed E-state index contributed by atoms with van der Waals surface area (Å²) in [6.45, 7) is 6.28. The minimum atomic E-state index is -4.08. The Kier molecular flexibility index (Phi) is 5.90. The van der Waals surface area contributed by atoms with Crippen molar-refractivity contribution < 1.29 is 13.6 Å². The summed E-state index contributed by atoms with van der Waals surface area (Å²) in [4.78, 5) is 36.6. The van der Waals surface area contributed by atoms with Gasteiger partial charge in [-0.1, -0.05) is 51.1 Å². The van der Waals surface area contributed by atoms with E-state index in [1.54, 1.807) is 12.1 Å². The van der Waals surface area contributed by atoms with Crippen LogP contribution in [0.5, 0.6) is 0 Å². The Morgan fingerprint density at radius 2 is 1.78 bits per heavy atom. The molecule has 2 aromatic heterocycles. The molecule has 9 nitrogen and oxygen atoms in total. The minimum Gasteiger partial charge on any atom is -0.348 e. The quantitative estimate of drug-likeness (QED) is 0.578. The predicted molar refractivity (Wildman–Crippen MR) is 121 cm³/mol. The van der Waals surface area contributed by atoms with Crippen LogP contribution in [0, 0.1) is 0 Å². The van der Waals surface area contributed by atoms with Crippen LogP contribution in [-0.2, 0) is 19.0 Å². The summed E-state index contributed by atoms with van der Waals surface area (Å²) in [5, 5.41) is -0.174. The number of hydrogen-bond acceptors (Lipinski definition) is 6. The van der Waals surface area contributed by atoms with Crippen LogP contribution in [0.2, 0.25) is 0 Å².